The Kier molecular flexibility index (Phi) is 6.35. The highest BCUT2D eigenvalue weighted by Crippen LogP contribution is 2.17. The molecule has 2 aromatic rings. The van der Waals surface area contributed by atoms with E-state index in [-0.39, 0.29) is 5.91 Å². The quantitative estimate of drug-likeness (QED) is 0.643. The van der Waals surface area contributed by atoms with Crippen LogP contribution in [-0.4, -0.2) is 68.5 Å². The van der Waals surface area contributed by atoms with Crippen LogP contribution < -0.4 is 10.1 Å². The summed E-state index contributed by atoms with van der Waals surface area (Å²) >= 11 is 0. The van der Waals surface area contributed by atoms with Gasteiger partial charge in [-0.1, -0.05) is 18.2 Å². The van der Waals surface area contributed by atoms with Gasteiger partial charge in [0.25, 0.3) is 5.91 Å². The van der Waals surface area contributed by atoms with Crippen LogP contribution in [0.1, 0.15) is 16.1 Å². The zero-order chi connectivity index (χ0) is 19.1. The molecule has 1 N–H and O–H groups in total. The molecule has 27 heavy (non-hydrogen) atoms. The number of nitrogens with zero attached hydrogens (tertiary/aromatic N) is 3. The van der Waals surface area contributed by atoms with Crippen molar-refractivity contribution in [3.05, 3.63) is 54.0 Å². The van der Waals surface area contributed by atoms with Gasteiger partial charge in [0, 0.05) is 39.8 Å². The predicted molar refractivity (Wildman–Crippen MR) is 104 cm³/mol. The normalized spacial score (nSPS) is 15.0. The molecule has 0 unspecified atom stereocenters. The Bertz CT molecular complexity index is 765. The van der Waals surface area contributed by atoms with Gasteiger partial charge in [-0.05, 0) is 30.2 Å². The number of carbonyl (C=O) groups excluding carboxylic acids is 1. The lowest BCUT2D eigenvalue weighted by molar-refractivity contribution is 0.0658. The van der Waals surface area contributed by atoms with Crippen molar-refractivity contribution >= 4 is 11.9 Å². The van der Waals surface area contributed by atoms with E-state index in [0.717, 1.165) is 43.3 Å². The first-order valence-electron chi connectivity index (χ1n) is 9.13. The zero-order valence-corrected chi connectivity index (χ0v) is 15.9. The number of amides is 1. The molecule has 7 heteroatoms. The molecule has 0 bridgehead atoms. The highest BCUT2D eigenvalue weighted by atomic mass is 16.5. The molecule has 0 aliphatic carbocycles. The number of para-hydroxylation sites is 1. The molecule has 0 radical (unpaired) electrons. The number of benzene rings is 1. The molecule has 3 rings (SSSR count). The Morgan fingerprint density at radius 1 is 1.15 bits per heavy atom. The first-order chi connectivity index (χ1) is 13.2. The Morgan fingerprint density at radius 3 is 2.56 bits per heavy atom. The maximum absolute atomic E-state index is 12.4. The first kappa shape index (κ1) is 18.8. The van der Waals surface area contributed by atoms with Crippen LogP contribution in [0.4, 0.5) is 0 Å². The molecule has 144 valence electrons. The van der Waals surface area contributed by atoms with Crippen molar-refractivity contribution in [1.29, 1.82) is 0 Å². The summed E-state index contributed by atoms with van der Waals surface area (Å²) in [6, 6.07) is 11.5. The number of nitrogens with one attached hydrogen (secondary N) is 1. The molecule has 0 spiro atoms. The van der Waals surface area contributed by atoms with Crippen LogP contribution in [0.2, 0.25) is 0 Å². The molecule has 7 nitrogen and oxygen atoms in total. The Morgan fingerprint density at radius 2 is 1.89 bits per heavy atom. The minimum Gasteiger partial charge on any atom is -0.496 e. The molecule has 1 amide bonds. The summed E-state index contributed by atoms with van der Waals surface area (Å²) in [5, 5.41) is 3.41. The maximum Gasteiger partial charge on any atom is 0.289 e. The summed E-state index contributed by atoms with van der Waals surface area (Å²) in [6.07, 6.45) is 2.37. The van der Waals surface area contributed by atoms with Crippen LogP contribution in [0.25, 0.3) is 0 Å². The van der Waals surface area contributed by atoms with Crippen LogP contribution in [0.3, 0.4) is 0 Å². The van der Waals surface area contributed by atoms with Gasteiger partial charge in [0.05, 0.1) is 13.4 Å². The number of aliphatic imine (C=N–C) groups is 1. The van der Waals surface area contributed by atoms with E-state index in [2.05, 4.69) is 21.3 Å². The molecular formula is C20H26N4O3. The molecule has 1 fully saturated rings. The monoisotopic (exact) mass is 370 g/mol. The first-order valence-corrected chi connectivity index (χ1v) is 9.13. The van der Waals surface area contributed by atoms with Gasteiger partial charge in [-0.25, -0.2) is 0 Å². The van der Waals surface area contributed by atoms with E-state index < -0.39 is 0 Å². The molecular weight excluding hydrogens is 344 g/mol. The fourth-order valence-electron chi connectivity index (χ4n) is 3.23. The molecule has 1 aliphatic rings. The largest absolute Gasteiger partial charge is 0.496 e. The van der Waals surface area contributed by atoms with E-state index in [0.29, 0.717) is 18.8 Å². The highest BCUT2D eigenvalue weighted by molar-refractivity contribution is 5.91. The molecule has 1 aromatic carbocycles. The summed E-state index contributed by atoms with van der Waals surface area (Å²) in [4.78, 5) is 20.7. The van der Waals surface area contributed by atoms with Gasteiger partial charge < -0.3 is 24.3 Å². The maximum atomic E-state index is 12.4. The van der Waals surface area contributed by atoms with Crippen LogP contribution in [0.15, 0.2) is 52.1 Å². The second kappa shape index (κ2) is 9.12. The van der Waals surface area contributed by atoms with Crippen LogP contribution in [-0.2, 0) is 6.42 Å². The number of ether oxygens (including phenoxy) is 1. The van der Waals surface area contributed by atoms with E-state index in [1.165, 1.54) is 6.26 Å². The van der Waals surface area contributed by atoms with Gasteiger partial charge in [-0.2, -0.15) is 0 Å². The minimum atomic E-state index is -0.0567. The second-order valence-electron chi connectivity index (χ2n) is 6.29. The second-order valence-corrected chi connectivity index (χ2v) is 6.29. The number of guanidine groups is 1. The number of piperazine rings is 1. The number of hydrogen-bond donors (Lipinski definition) is 1. The molecule has 2 heterocycles. The van der Waals surface area contributed by atoms with Gasteiger partial charge in [0.1, 0.15) is 5.75 Å². The molecule has 1 saturated heterocycles. The van der Waals surface area contributed by atoms with E-state index in [1.54, 1.807) is 26.3 Å². The molecule has 0 atom stereocenters. The number of methoxy groups -OCH3 is 1. The fourth-order valence-corrected chi connectivity index (χ4v) is 3.23. The average molecular weight is 370 g/mol. The van der Waals surface area contributed by atoms with Crippen molar-refractivity contribution in [2.24, 2.45) is 4.99 Å². The number of rotatable bonds is 5. The third-order valence-corrected chi connectivity index (χ3v) is 4.68. The molecule has 1 aliphatic heterocycles. The number of hydrogen-bond acceptors (Lipinski definition) is 4. The highest BCUT2D eigenvalue weighted by Gasteiger charge is 2.25. The van der Waals surface area contributed by atoms with Crippen LogP contribution in [0.5, 0.6) is 5.75 Å². The summed E-state index contributed by atoms with van der Waals surface area (Å²) in [6.45, 7) is 3.53. The Balaban J connectivity index is 1.48. The van der Waals surface area contributed by atoms with E-state index in [1.807, 2.05) is 23.1 Å². The van der Waals surface area contributed by atoms with Crippen LogP contribution >= 0.6 is 0 Å². The lowest BCUT2D eigenvalue weighted by Gasteiger charge is -2.36. The number of furan rings is 1. The zero-order valence-electron chi connectivity index (χ0n) is 15.9. The summed E-state index contributed by atoms with van der Waals surface area (Å²) in [7, 11) is 3.47. The fraction of sp³-hybridized carbons (Fsp3) is 0.400. The van der Waals surface area contributed by atoms with Crippen molar-refractivity contribution in [3.63, 3.8) is 0 Å². The Hall–Kier alpha value is -2.96. The van der Waals surface area contributed by atoms with Crippen molar-refractivity contribution in [3.8, 4) is 5.75 Å². The van der Waals surface area contributed by atoms with Gasteiger partial charge >= 0.3 is 0 Å². The van der Waals surface area contributed by atoms with E-state index >= 15 is 0 Å². The standard InChI is InChI=1S/C20H26N4O3/c1-21-20(22-10-9-16-6-3-4-7-17(16)26-2)24-13-11-23(12-14-24)19(25)18-8-5-15-27-18/h3-8,15H,9-14H2,1-2H3,(H,21,22). The van der Waals surface area contributed by atoms with Crippen LogP contribution in [0, 0.1) is 0 Å². The number of carbonyl (C=O) groups is 1. The smallest absolute Gasteiger partial charge is 0.289 e. The predicted octanol–water partition coefficient (Wildman–Crippen LogP) is 1.86. The van der Waals surface area contributed by atoms with Gasteiger partial charge in [0.15, 0.2) is 11.7 Å². The topological polar surface area (TPSA) is 70.3 Å². The molecule has 1 aromatic heterocycles. The van der Waals surface area contributed by atoms with Gasteiger partial charge in [-0.3, -0.25) is 9.79 Å². The van der Waals surface area contributed by atoms with Gasteiger partial charge in [0.2, 0.25) is 0 Å². The van der Waals surface area contributed by atoms with Gasteiger partial charge in [-0.15, -0.1) is 0 Å². The molecule has 0 saturated carbocycles. The summed E-state index contributed by atoms with van der Waals surface area (Å²) < 4.78 is 10.6. The van der Waals surface area contributed by atoms with Crippen molar-refractivity contribution in [2.75, 3.05) is 46.9 Å². The van der Waals surface area contributed by atoms with Crippen molar-refractivity contribution in [1.82, 2.24) is 15.1 Å². The van der Waals surface area contributed by atoms with E-state index in [4.69, 9.17) is 9.15 Å². The minimum absolute atomic E-state index is 0.0567. The summed E-state index contributed by atoms with van der Waals surface area (Å²) in [5.41, 5.74) is 1.16. The van der Waals surface area contributed by atoms with Crippen molar-refractivity contribution in [2.45, 2.75) is 6.42 Å². The Labute approximate surface area is 159 Å². The SMILES string of the molecule is CN=C(NCCc1ccccc1OC)N1CCN(C(=O)c2ccco2)CC1. The third kappa shape index (κ3) is 4.61. The lowest BCUT2D eigenvalue weighted by atomic mass is 10.1. The average Bonchev–Trinajstić information content (AvgIpc) is 3.26. The lowest BCUT2D eigenvalue weighted by Crippen LogP contribution is -2.54. The summed E-state index contributed by atoms with van der Waals surface area (Å²) in [5.74, 6) is 2.09. The third-order valence-electron chi connectivity index (χ3n) is 4.68. The van der Waals surface area contributed by atoms with Crippen molar-refractivity contribution < 1.29 is 13.9 Å². The van der Waals surface area contributed by atoms with E-state index in [9.17, 15) is 4.79 Å².